The number of likely N-dealkylation sites (N-methyl/N-ethyl adjacent to an activating group) is 1. The van der Waals surface area contributed by atoms with Gasteiger partial charge in [0.15, 0.2) is 0 Å². The third kappa shape index (κ3) is 4.92. The Morgan fingerprint density at radius 1 is 1.35 bits per heavy atom. The van der Waals surface area contributed by atoms with E-state index in [0.29, 0.717) is 19.4 Å². The van der Waals surface area contributed by atoms with Gasteiger partial charge in [0.1, 0.15) is 5.82 Å². The minimum atomic E-state index is -3.77. The molecule has 1 fully saturated rings. The first-order chi connectivity index (χ1) is 12.2. The number of piperidine rings is 1. The van der Waals surface area contributed by atoms with E-state index in [1.54, 1.807) is 0 Å². The summed E-state index contributed by atoms with van der Waals surface area (Å²) in [5.74, 6) is -2.02. The number of benzene rings is 1. The van der Waals surface area contributed by atoms with Gasteiger partial charge in [-0.15, -0.1) is 0 Å². The lowest BCUT2D eigenvalue weighted by Gasteiger charge is -2.31. The number of hydrogen-bond donors (Lipinski definition) is 2. The highest BCUT2D eigenvalue weighted by molar-refractivity contribution is 7.89. The molecule has 0 saturated carbocycles. The van der Waals surface area contributed by atoms with Crippen LogP contribution in [0.5, 0.6) is 0 Å². The molecule has 1 unspecified atom stereocenters. The molecule has 1 aromatic rings. The van der Waals surface area contributed by atoms with Gasteiger partial charge in [0.25, 0.3) is 0 Å². The maximum Gasteiger partial charge on any atom is 0.317 e. The first kappa shape index (κ1) is 20.1. The number of aliphatic carboxylic acids is 1. The maximum absolute atomic E-state index is 12.9. The third-order valence-corrected chi connectivity index (χ3v) is 6.15. The molecule has 8 nitrogen and oxygen atoms in total. The number of nitrogens with one attached hydrogen (secondary N) is 1. The summed E-state index contributed by atoms with van der Waals surface area (Å²) in [6.07, 6.45) is 1.15. The van der Waals surface area contributed by atoms with Crippen molar-refractivity contribution in [3.05, 3.63) is 30.1 Å². The lowest BCUT2D eigenvalue weighted by atomic mass is 9.99. The summed E-state index contributed by atoms with van der Waals surface area (Å²) in [5.41, 5.74) is 0. The van der Waals surface area contributed by atoms with Crippen LogP contribution in [0.1, 0.15) is 12.8 Å². The molecule has 0 aromatic heterocycles. The quantitative estimate of drug-likeness (QED) is 0.756. The lowest BCUT2D eigenvalue weighted by molar-refractivity contribution is -0.143. The van der Waals surface area contributed by atoms with Gasteiger partial charge in [-0.3, -0.25) is 4.79 Å². The minimum Gasteiger partial charge on any atom is -0.481 e. The number of hydrogen-bond acceptors (Lipinski definition) is 4. The molecule has 1 atom stereocenters. The summed E-state index contributed by atoms with van der Waals surface area (Å²) in [7, 11) is -2.41. The number of likely N-dealkylation sites (tertiary alicyclic amines) is 1. The Hall–Kier alpha value is -2.20. The zero-order valence-electron chi connectivity index (χ0n) is 14.4. The summed E-state index contributed by atoms with van der Waals surface area (Å²) in [6.45, 7) is 0.718. The minimum absolute atomic E-state index is 0.0294. The van der Waals surface area contributed by atoms with E-state index in [9.17, 15) is 22.4 Å². The number of rotatable bonds is 6. The Bertz CT molecular complexity index is 754. The summed E-state index contributed by atoms with van der Waals surface area (Å²) >= 11 is 0. The van der Waals surface area contributed by atoms with Gasteiger partial charge in [0.2, 0.25) is 10.0 Å². The smallest absolute Gasteiger partial charge is 0.317 e. The van der Waals surface area contributed by atoms with Crippen LogP contribution in [-0.2, 0) is 14.8 Å². The summed E-state index contributed by atoms with van der Waals surface area (Å²) in [6, 6.07) is 4.08. The number of carbonyl (C=O) groups is 2. The van der Waals surface area contributed by atoms with Crippen LogP contribution in [0.25, 0.3) is 0 Å². The fourth-order valence-electron chi connectivity index (χ4n) is 2.70. The molecule has 1 aliphatic rings. The number of carboxylic acids is 1. The highest BCUT2D eigenvalue weighted by atomic mass is 32.2. The molecule has 1 heterocycles. The van der Waals surface area contributed by atoms with Gasteiger partial charge in [-0.2, -0.15) is 4.31 Å². The van der Waals surface area contributed by atoms with Crippen molar-refractivity contribution >= 4 is 22.0 Å². The first-order valence-electron chi connectivity index (χ1n) is 8.19. The van der Waals surface area contributed by atoms with Crippen LogP contribution in [0, 0.1) is 11.7 Å². The molecular weight excluding hydrogens is 365 g/mol. The van der Waals surface area contributed by atoms with Gasteiger partial charge in [0.05, 0.1) is 10.8 Å². The maximum atomic E-state index is 12.9. The molecule has 0 spiro atoms. The Balaban J connectivity index is 1.85. The molecule has 0 radical (unpaired) electrons. The molecule has 1 aliphatic heterocycles. The molecule has 10 heteroatoms. The van der Waals surface area contributed by atoms with Crippen LogP contribution in [0.3, 0.4) is 0 Å². The van der Waals surface area contributed by atoms with Gasteiger partial charge in [0, 0.05) is 33.2 Å². The van der Waals surface area contributed by atoms with E-state index in [2.05, 4.69) is 5.32 Å². The normalized spacial score (nSPS) is 18.0. The number of carboxylic acid groups (broad SMARTS) is 1. The average Bonchev–Trinajstić information content (AvgIpc) is 2.61. The van der Waals surface area contributed by atoms with Gasteiger partial charge >= 0.3 is 12.0 Å². The predicted molar refractivity (Wildman–Crippen MR) is 91.5 cm³/mol. The Morgan fingerprint density at radius 2 is 2.00 bits per heavy atom. The second-order valence-electron chi connectivity index (χ2n) is 6.14. The number of halogens is 1. The van der Waals surface area contributed by atoms with Crippen LogP contribution < -0.4 is 5.32 Å². The molecule has 0 aliphatic carbocycles. The summed E-state index contributed by atoms with van der Waals surface area (Å²) < 4.78 is 38.7. The molecular formula is C16H22FN3O5S. The average molecular weight is 387 g/mol. The largest absolute Gasteiger partial charge is 0.481 e. The third-order valence-electron chi connectivity index (χ3n) is 4.28. The fourth-order valence-corrected chi connectivity index (χ4v) is 3.87. The van der Waals surface area contributed by atoms with Crippen molar-refractivity contribution < 1.29 is 27.5 Å². The van der Waals surface area contributed by atoms with E-state index in [-0.39, 0.29) is 24.5 Å². The number of sulfonamides is 1. The van der Waals surface area contributed by atoms with E-state index in [1.807, 2.05) is 0 Å². The lowest BCUT2D eigenvalue weighted by Crippen LogP contribution is -2.48. The van der Waals surface area contributed by atoms with Crippen molar-refractivity contribution in [2.45, 2.75) is 17.7 Å². The summed E-state index contributed by atoms with van der Waals surface area (Å²) in [4.78, 5) is 24.5. The fraction of sp³-hybridized carbons (Fsp3) is 0.500. The molecule has 2 N–H and O–H groups in total. The monoisotopic (exact) mass is 387 g/mol. The SMILES string of the molecule is CN(CCNC(=O)N1CCCC(C(=O)O)C1)S(=O)(=O)c1ccc(F)cc1. The van der Waals surface area contributed by atoms with Crippen molar-refractivity contribution in [1.82, 2.24) is 14.5 Å². The zero-order chi connectivity index (χ0) is 19.3. The molecule has 1 saturated heterocycles. The molecule has 1 aromatic carbocycles. The van der Waals surface area contributed by atoms with Crippen molar-refractivity contribution in [1.29, 1.82) is 0 Å². The second kappa shape index (κ2) is 8.45. The predicted octanol–water partition coefficient (Wildman–Crippen LogP) is 0.952. The Morgan fingerprint density at radius 3 is 2.62 bits per heavy atom. The Labute approximate surface area is 151 Å². The molecule has 2 rings (SSSR count). The van der Waals surface area contributed by atoms with E-state index < -0.39 is 33.8 Å². The number of nitrogens with zero attached hydrogens (tertiary/aromatic N) is 2. The van der Waals surface area contributed by atoms with Crippen molar-refractivity contribution in [2.24, 2.45) is 5.92 Å². The zero-order valence-corrected chi connectivity index (χ0v) is 15.2. The van der Waals surface area contributed by atoms with Crippen LogP contribution in [0.2, 0.25) is 0 Å². The van der Waals surface area contributed by atoms with Gasteiger partial charge in [-0.25, -0.2) is 17.6 Å². The number of urea groups is 1. The number of amides is 2. The van der Waals surface area contributed by atoms with Gasteiger partial charge in [-0.05, 0) is 37.1 Å². The van der Waals surface area contributed by atoms with E-state index in [4.69, 9.17) is 5.11 Å². The highest BCUT2D eigenvalue weighted by Gasteiger charge is 2.28. The molecule has 0 bridgehead atoms. The molecule has 2 amide bonds. The number of carbonyl (C=O) groups excluding carboxylic acids is 1. The Kier molecular flexibility index (Phi) is 6.54. The van der Waals surface area contributed by atoms with Crippen molar-refractivity contribution in [3.63, 3.8) is 0 Å². The standard InChI is InChI=1S/C16H22FN3O5S/c1-19(26(24,25)14-6-4-13(17)5-7-14)10-8-18-16(23)20-9-2-3-12(11-20)15(21)22/h4-7,12H,2-3,8-11H2,1H3,(H,18,23)(H,21,22). The van der Waals surface area contributed by atoms with Crippen LogP contribution in [0.15, 0.2) is 29.2 Å². The van der Waals surface area contributed by atoms with Crippen LogP contribution in [0.4, 0.5) is 9.18 Å². The van der Waals surface area contributed by atoms with Gasteiger partial charge in [-0.1, -0.05) is 0 Å². The van der Waals surface area contributed by atoms with Crippen LogP contribution >= 0.6 is 0 Å². The van der Waals surface area contributed by atoms with Gasteiger partial charge < -0.3 is 15.3 Å². The van der Waals surface area contributed by atoms with E-state index in [0.717, 1.165) is 16.4 Å². The highest BCUT2D eigenvalue weighted by Crippen LogP contribution is 2.17. The first-order valence-corrected chi connectivity index (χ1v) is 9.63. The molecule has 26 heavy (non-hydrogen) atoms. The summed E-state index contributed by atoms with van der Waals surface area (Å²) in [5, 5.41) is 11.6. The topological polar surface area (TPSA) is 107 Å². The second-order valence-corrected chi connectivity index (χ2v) is 8.18. The van der Waals surface area contributed by atoms with Crippen molar-refractivity contribution in [3.8, 4) is 0 Å². The van der Waals surface area contributed by atoms with Crippen molar-refractivity contribution in [2.75, 3.05) is 33.2 Å². The van der Waals surface area contributed by atoms with Crippen LogP contribution in [-0.4, -0.2) is 68.0 Å². The van der Waals surface area contributed by atoms with E-state index >= 15 is 0 Å². The molecule has 144 valence electrons. The van der Waals surface area contributed by atoms with E-state index in [1.165, 1.54) is 24.1 Å².